The van der Waals surface area contributed by atoms with Gasteiger partial charge in [-0.15, -0.1) is 11.6 Å². The maximum absolute atomic E-state index is 11.9. The Morgan fingerprint density at radius 3 is 2.38 bits per heavy atom. The van der Waals surface area contributed by atoms with Gasteiger partial charge in [-0.05, 0) is 26.7 Å². The Morgan fingerprint density at radius 1 is 1.19 bits per heavy atom. The summed E-state index contributed by atoms with van der Waals surface area (Å²) in [6.45, 7) is 7.12. The van der Waals surface area contributed by atoms with Crippen LogP contribution in [0, 0.1) is 0 Å². The van der Waals surface area contributed by atoms with Crippen molar-refractivity contribution >= 4 is 17.5 Å². The van der Waals surface area contributed by atoms with Crippen LogP contribution in [0.4, 0.5) is 0 Å². The van der Waals surface area contributed by atoms with Gasteiger partial charge < -0.3 is 4.90 Å². The zero-order valence-corrected chi connectivity index (χ0v) is 11.7. The zero-order chi connectivity index (χ0) is 12.4. The van der Waals surface area contributed by atoms with E-state index < -0.39 is 0 Å². The quantitative estimate of drug-likeness (QED) is 0.448. The largest absolute Gasteiger partial charge is 0.340 e. The van der Waals surface area contributed by atoms with Crippen LogP contribution in [0.5, 0.6) is 0 Å². The first kappa shape index (κ1) is 15.8. The van der Waals surface area contributed by atoms with Gasteiger partial charge in [-0.25, -0.2) is 0 Å². The highest BCUT2D eigenvalue weighted by Crippen LogP contribution is 2.08. The molecule has 0 aliphatic carbocycles. The van der Waals surface area contributed by atoms with Crippen LogP contribution in [0.3, 0.4) is 0 Å². The molecule has 0 spiro atoms. The van der Waals surface area contributed by atoms with E-state index in [1.807, 2.05) is 4.90 Å². The molecule has 0 fully saturated rings. The number of rotatable bonds is 9. The third-order valence-corrected chi connectivity index (χ3v) is 2.99. The average Bonchev–Trinajstić information content (AvgIpc) is 2.24. The molecule has 0 saturated carbocycles. The second-order valence-electron chi connectivity index (χ2n) is 4.53. The summed E-state index contributed by atoms with van der Waals surface area (Å²) >= 11 is 5.66. The molecule has 0 saturated heterocycles. The molecule has 0 heterocycles. The van der Waals surface area contributed by atoms with Gasteiger partial charge in [0.15, 0.2) is 0 Å². The van der Waals surface area contributed by atoms with Crippen LogP contribution in [0.15, 0.2) is 0 Å². The van der Waals surface area contributed by atoms with Crippen LogP contribution in [0.25, 0.3) is 0 Å². The third kappa shape index (κ3) is 7.10. The predicted molar refractivity (Wildman–Crippen MR) is 70.9 cm³/mol. The van der Waals surface area contributed by atoms with Crippen molar-refractivity contribution in [3.8, 4) is 0 Å². The van der Waals surface area contributed by atoms with Gasteiger partial charge in [-0.3, -0.25) is 4.79 Å². The third-order valence-electron chi connectivity index (χ3n) is 2.72. The van der Waals surface area contributed by atoms with Crippen molar-refractivity contribution < 1.29 is 4.79 Å². The molecule has 96 valence electrons. The fourth-order valence-corrected chi connectivity index (χ4v) is 1.87. The predicted octanol–water partition coefficient (Wildman–Crippen LogP) is 3.82. The lowest BCUT2D eigenvalue weighted by Crippen LogP contribution is -2.37. The van der Waals surface area contributed by atoms with E-state index in [0.29, 0.717) is 18.3 Å². The molecule has 0 aromatic rings. The summed E-state index contributed by atoms with van der Waals surface area (Å²) < 4.78 is 0. The molecule has 16 heavy (non-hydrogen) atoms. The number of alkyl halides is 1. The molecular weight excluding hydrogens is 222 g/mol. The number of halogens is 1. The van der Waals surface area contributed by atoms with Gasteiger partial charge in [0.1, 0.15) is 0 Å². The molecule has 0 N–H and O–H groups in total. The van der Waals surface area contributed by atoms with E-state index >= 15 is 0 Å². The summed E-state index contributed by atoms with van der Waals surface area (Å²) in [6.07, 6.45) is 6.23. The fourth-order valence-electron chi connectivity index (χ4n) is 1.75. The zero-order valence-electron chi connectivity index (χ0n) is 11.0. The van der Waals surface area contributed by atoms with Crippen molar-refractivity contribution in [3.63, 3.8) is 0 Å². The summed E-state index contributed by atoms with van der Waals surface area (Å²) in [7, 11) is 0. The number of unbranched alkanes of at least 4 members (excludes halogenated alkanes) is 3. The lowest BCUT2D eigenvalue weighted by molar-refractivity contribution is -0.133. The van der Waals surface area contributed by atoms with Gasteiger partial charge in [0, 0.05) is 24.9 Å². The second-order valence-corrected chi connectivity index (χ2v) is 4.91. The highest BCUT2D eigenvalue weighted by molar-refractivity contribution is 6.17. The Kier molecular flexibility index (Phi) is 9.80. The molecule has 3 heteroatoms. The van der Waals surface area contributed by atoms with Gasteiger partial charge in [0.05, 0.1) is 0 Å². The minimum atomic E-state index is 0.288. The second kappa shape index (κ2) is 9.95. The number of carbonyl (C=O) groups is 1. The minimum absolute atomic E-state index is 0.288. The fraction of sp³-hybridized carbons (Fsp3) is 0.923. The van der Waals surface area contributed by atoms with E-state index in [2.05, 4.69) is 20.8 Å². The number of carbonyl (C=O) groups excluding carboxylic acids is 1. The smallest absolute Gasteiger partial charge is 0.222 e. The van der Waals surface area contributed by atoms with Crippen LogP contribution >= 0.6 is 11.6 Å². The van der Waals surface area contributed by atoms with Crippen molar-refractivity contribution in [2.75, 3.05) is 12.4 Å². The lowest BCUT2D eigenvalue weighted by Gasteiger charge is -2.26. The summed E-state index contributed by atoms with van der Waals surface area (Å²) in [5.74, 6) is 0.919. The van der Waals surface area contributed by atoms with Crippen molar-refractivity contribution in [2.45, 2.75) is 65.3 Å². The van der Waals surface area contributed by atoms with Crippen LogP contribution < -0.4 is 0 Å². The lowest BCUT2D eigenvalue weighted by atomic mass is 10.1. The maximum Gasteiger partial charge on any atom is 0.222 e. The van der Waals surface area contributed by atoms with Gasteiger partial charge in [-0.2, -0.15) is 0 Å². The molecule has 0 aromatic carbocycles. The van der Waals surface area contributed by atoms with E-state index in [4.69, 9.17) is 11.6 Å². The van der Waals surface area contributed by atoms with Crippen molar-refractivity contribution in [2.24, 2.45) is 0 Å². The molecule has 0 bridgehead atoms. The Hall–Kier alpha value is -0.240. The number of hydrogen-bond donors (Lipinski definition) is 0. The number of amides is 1. The molecule has 0 atom stereocenters. The van der Waals surface area contributed by atoms with Gasteiger partial charge in [0.2, 0.25) is 5.91 Å². The average molecular weight is 248 g/mol. The van der Waals surface area contributed by atoms with Crippen molar-refractivity contribution in [1.82, 2.24) is 4.90 Å². The molecular formula is C13H26ClNO. The van der Waals surface area contributed by atoms with Gasteiger partial charge in [0.25, 0.3) is 0 Å². The Balaban J connectivity index is 3.87. The molecule has 1 amide bonds. The SMILES string of the molecule is CCCCCCC(=O)N(CCCCl)C(C)C. The van der Waals surface area contributed by atoms with Crippen LogP contribution in [0.1, 0.15) is 59.3 Å². The van der Waals surface area contributed by atoms with Crippen LogP contribution in [-0.2, 0) is 4.79 Å². The topological polar surface area (TPSA) is 20.3 Å². The van der Waals surface area contributed by atoms with Crippen molar-refractivity contribution in [1.29, 1.82) is 0 Å². The monoisotopic (exact) mass is 247 g/mol. The highest BCUT2D eigenvalue weighted by Gasteiger charge is 2.15. The molecule has 0 aliphatic heterocycles. The van der Waals surface area contributed by atoms with E-state index in [9.17, 15) is 4.79 Å². The van der Waals surface area contributed by atoms with Crippen LogP contribution in [-0.4, -0.2) is 29.3 Å². The minimum Gasteiger partial charge on any atom is -0.340 e. The highest BCUT2D eigenvalue weighted by atomic mass is 35.5. The van der Waals surface area contributed by atoms with E-state index in [-0.39, 0.29) is 5.91 Å². The molecule has 0 aliphatic rings. The van der Waals surface area contributed by atoms with Gasteiger partial charge in [-0.1, -0.05) is 26.2 Å². The Bertz CT molecular complexity index is 183. The molecule has 0 rings (SSSR count). The number of hydrogen-bond acceptors (Lipinski definition) is 1. The Labute approximate surface area is 105 Å². The summed E-state index contributed by atoms with van der Waals surface area (Å²) in [4.78, 5) is 13.9. The van der Waals surface area contributed by atoms with Crippen molar-refractivity contribution in [3.05, 3.63) is 0 Å². The van der Waals surface area contributed by atoms with E-state index in [1.165, 1.54) is 19.3 Å². The summed E-state index contributed by atoms with van der Waals surface area (Å²) in [5, 5.41) is 0. The first-order valence-corrected chi connectivity index (χ1v) is 7.02. The first-order valence-electron chi connectivity index (χ1n) is 6.48. The van der Waals surface area contributed by atoms with E-state index in [0.717, 1.165) is 19.4 Å². The molecule has 0 aromatic heterocycles. The standard InChI is InChI=1S/C13H26ClNO/c1-4-5-6-7-9-13(16)15(12(2)3)11-8-10-14/h12H,4-11H2,1-3H3. The summed E-state index contributed by atoms with van der Waals surface area (Å²) in [5.41, 5.74) is 0. The van der Waals surface area contributed by atoms with Crippen LogP contribution in [0.2, 0.25) is 0 Å². The maximum atomic E-state index is 11.9. The number of nitrogens with zero attached hydrogens (tertiary/aromatic N) is 1. The molecule has 0 radical (unpaired) electrons. The van der Waals surface area contributed by atoms with Gasteiger partial charge >= 0.3 is 0 Å². The summed E-state index contributed by atoms with van der Waals surface area (Å²) in [6, 6.07) is 0.293. The van der Waals surface area contributed by atoms with E-state index in [1.54, 1.807) is 0 Å². The molecule has 2 nitrogen and oxygen atoms in total. The first-order chi connectivity index (χ1) is 7.63. The Morgan fingerprint density at radius 2 is 1.88 bits per heavy atom. The normalized spacial score (nSPS) is 10.8. The molecule has 0 unspecified atom stereocenters.